The second-order valence-corrected chi connectivity index (χ2v) is 8.99. The van der Waals surface area contributed by atoms with Crippen molar-refractivity contribution in [3.05, 3.63) is 53.1 Å². The van der Waals surface area contributed by atoms with Gasteiger partial charge in [-0.15, -0.1) is 11.8 Å². The molecule has 2 aromatic carbocycles. The summed E-state index contributed by atoms with van der Waals surface area (Å²) in [5.41, 5.74) is 2.12. The molecule has 2 heterocycles. The maximum Gasteiger partial charge on any atom is 0.250 e. The third-order valence-electron chi connectivity index (χ3n) is 5.29. The van der Waals surface area contributed by atoms with E-state index in [-0.39, 0.29) is 24.3 Å². The molecule has 6 nitrogen and oxygen atoms in total. The number of fused-ring (bicyclic) bond motifs is 1. The highest BCUT2D eigenvalue weighted by atomic mass is 35.5. The van der Waals surface area contributed by atoms with Crippen molar-refractivity contribution < 1.29 is 14.4 Å². The molecule has 0 saturated carbocycles. The number of carbonyl (C=O) groups excluding carboxylic acids is 3. The van der Waals surface area contributed by atoms with Gasteiger partial charge in [0.15, 0.2) is 5.25 Å². The van der Waals surface area contributed by atoms with Gasteiger partial charge in [-0.05, 0) is 49.6 Å². The number of hydrogen-bond acceptors (Lipinski definition) is 4. The molecule has 4 rings (SSSR count). The van der Waals surface area contributed by atoms with Crippen molar-refractivity contribution >= 4 is 52.5 Å². The van der Waals surface area contributed by atoms with Crippen LogP contribution in [0, 0.1) is 6.92 Å². The standard InChI is InChI=1S/C22H22ClN3O3S/c1-14-8-9-15(12-16(14)23)24-19(27)13-26-17-6-2-3-7-18(17)30-20(22(26)29)21(28)25-10-4-5-11-25/h2-3,6-9,12,20H,4-5,10-11,13H2,1H3,(H,24,27). The molecular formula is C22H22ClN3O3S. The van der Waals surface area contributed by atoms with Crippen LogP contribution in [-0.2, 0) is 14.4 Å². The number of anilines is 2. The summed E-state index contributed by atoms with van der Waals surface area (Å²) in [6.07, 6.45) is 1.91. The summed E-state index contributed by atoms with van der Waals surface area (Å²) >= 11 is 7.40. The van der Waals surface area contributed by atoms with Gasteiger partial charge in [-0.3, -0.25) is 14.4 Å². The van der Waals surface area contributed by atoms with E-state index in [1.54, 1.807) is 23.1 Å². The van der Waals surface area contributed by atoms with Crippen molar-refractivity contribution in [2.45, 2.75) is 29.9 Å². The number of nitrogens with one attached hydrogen (secondary N) is 1. The number of hydrogen-bond donors (Lipinski definition) is 1. The molecule has 30 heavy (non-hydrogen) atoms. The van der Waals surface area contributed by atoms with Gasteiger partial charge in [-0.25, -0.2) is 0 Å². The fraction of sp³-hybridized carbons (Fsp3) is 0.318. The molecule has 1 atom stereocenters. The van der Waals surface area contributed by atoms with Crippen LogP contribution in [0.15, 0.2) is 47.4 Å². The van der Waals surface area contributed by atoms with Crippen LogP contribution in [0.1, 0.15) is 18.4 Å². The first kappa shape index (κ1) is 20.8. The Bertz CT molecular complexity index is 1010. The Morgan fingerprint density at radius 2 is 1.90 bits per heavy atom. The van der Waals surface area contributed by atoms with Crippen LogP contribution >= 0.6 is 23.4 Å². The SMILES string of the molecule is Cc1ccc(NC(=O)CN2C(=O)C(C(=O)N3CCCC3)Sc3ccccc32)cc1Cl. The molecule has 156 valence electrons. The first-order chi connectivity index (χ1) is 14.4. The van der Waals surface area contributed by atoms with Crippen LogP contribution in [0.5, 0.6) is 0 Å². The Morgan fingerprint density at radius 3 is 2.63 bits per heavy atom. The molecular weight excluding hydrogens is 422 g/mol. The van der Waals surface area contributed by atoms with Crippen molar-refractivity contribution in [1.82, 2.24) is 4.90 Å². The summed E-state index contributed by atoms with van der Waals surface area (Å²) in [7, 11) is 0. The number of para-hydroxylation sites is 1. The molecule has 2 aromatic rings. The minimum atomic E-state index is -0.861. The van der Waals surface area contributed by atoms with Crippen molar-refractivity contribution in [2.24, 2.45) is 0 Å². The first-order valence-electron chi connectivity index (χ1n) is 9.86. The van der Waals surface area contributed by atoms with Gasteiger partial charge in [-0.2, -0.15) is 0 Å². The highest BCUT2D eigenvalue weighted by molar-refractivity contribution is 8.01. The predicted octanol–water partition coefficient (Wildman–Crippen LogP) is 3.72. The topological polar surface area (TPSA) is 69.7 Å². The van der Waals surface area contributed by atoms with Gasteiger partial charge < -0.3 is 15.1 Å². The second kappa shape index (κ2) is 8.70. The molecule has 1 N–H and O–H groups in total. The lowest BCUT2D eigenvalue weighted by atomic mass is 10.2. The summed E-state index contributed by atoms with van der Waals surface area (Å²) in [6.45, 7) is 3.07. The zero-order valence-corrected chi connectivity index (χ0v) is 18.1. The van der Waals surface area contributed by atoms with Crippen molar-refractivity contribution in [3.63, 3.8) is 0 Å². The van der Waals surface area contributed by atoms with E-state index < -0.39 is 5.25 Å². The molecule has 8 heteroatoms. The van der Waals surface area contributed by atoms with E-state index in [2.05, 4.69) is 5.32 Å². The monoisotopic (exact) mass is 443 g/mol. The lowest BCUT2D eigenvalue weighted by Gasteiger charge is -2.34. The lowest BCUT2D eigenvalue weighted by molar-refractivity contribution is -0.134. The number of thioether (sulfide) groups is 1. The lowest BCUT2D eigenvalue weighted by Crippen LogP contribution is -2.51. The summed E-state index contributed by atoms with van der Waals surface area (Å²) in [6, 6.07) is 12.6. The summed E-state index contributed by atoms with van der Waals surface area (Å²) in [5.74, 6) is -0.877. The van der Waals surface area contributed by atoms with Crippen LogP contribution in [-0.4, -0.2) is 47.5 Å². The van der Waals surface area contributed by atoms with Crippen LogP contribution < -0.4 is 10.2 Å². The van der Waals surface area contributed by atoms with E-state index in [0.29, 0.717) is 29.5 Å². The number of halogens is 1. The number of carbonyl (C=O) groups is 3. The normalized spacial score (nSPS) is 18.3. The molecule has 0 radical (unpaired) electrons. The number of rotatable bonds is 4. The minimum absolute atomic E-state index is 0.173. The molecule has 0 bridgehead atoms. The fourth-order valence-corrected chi connectivity index (χ4v) is 5.02. The third kappa shape index (κ3) is 4.18. The number of likely N-dealkylation sites (tertiary alicyclic amines) is 1. The predicted molar refractivity (Wildman–Crippen MR) is 119 cm³/mol. The van der Waals surface area contributed by atoms with Gasteiger partial charge >= 0.3 is 0 Å². The van der Waals surface area contributed by atoms with Gasteiger partial charge in [-0.1, -0.05) is 29.8 Å². The number of amides is 3. The maximum absolute atomic E-state index is 13.2. The largest absolute Gasteiger partial charge is 0.341 e. The number of benzene rings is 2. The van der Waals surface area contributed by atoms with Gasteiger partial charge in [0, 0.05) is 28.7 Å². The summed E-state index contributed by atoms with van der Waals surface area (Å²) in [4.78, 5) is 42.9. The highest BCUT2D eigenvalue weighted by Gasteiger charge is 2.41. The quantitative estimate of drug-likeness (QED) is 0.731. The van der Waals surface area contributed by atoms with E-state index in [4.69, 9.17) is 11.6 Å². The number of aryl methyl sites for hydroxylation is 1. The van der Waals surface area contributed by atoms with E-state index in [1.807, 2.05) is 31.2 Å². The van der Waals surface area contributed by atoms with Crippen molar-refractivity contribution in [2.75, 3.05) is 29.9 Å². The van der Waals surface area contributed by atoms with Crippen molar-refractivity contribution in [1.29, 1.82) is 0 Å². The van der Waals surface area contributed by atoms with E-state index >= 15 is 0 Å². The Labute approximate surface area is 184 Å². The number of nitrogens with zero attached hydrogens (tertiary/aromatic N) is 2. The highest BCUT2D eigenvalue weighted by Crippen LogP contribution is 2.40. The van der Waals surface area contributed by atoms with Gasteiger partial charge in [0.2, 0.25) is 11.8 Å². The van der Waals surface area contributed by atoms with Gasteiger partial charge in [0.05, 0.1) is 5.69 Å². The van der Waals surface area contributed by atoms with Gasteiger partial charge in [0.25, 0.3) is 5.91 Å². The average Bonchev–Trinajstić information content (AvgIpc) is 3.27. The molecule has 2 aliphatic heterocycles. The van der Waals surface area contributed by atoms with Crippen LogP contribution in [0.25, 0.3) is 0 Å². The average molecular weight is 444 g/mol. The van der Waals surface area contributed by atoms with Crippen LogP contribution in [0.2, 0.25) is 5.02 Å². The first-order valence-corrected chi connectivity index (χ1v) is 11.1. The molecule has 0 aromatic heterocycles. The Kier molecular flexibility index (Phi) is 6.01. The van der Waals surface area contributed by atoms with Crippen LogP contribution in [0.3, 0.4) is 0 Å². The zero-order chi connectivity index (χ0) is 21.3. The fourth-order valence-electron chi connectivity index (χ4n) is 3.65. The summed E-state index contributed by atoms with van der Waals surface area (Å²) in [5, 5.41) is 2.48. The van der Waals surface area contributed by atoms with E-state index in [9.17, 15) is 14.4 Å². The molecule has 0 aliphatic carbocycles. The molecule has 3 amide bonds. The zero-order valence-electron chi connectivity index (χ0n) is 16.6. The Morgan fingerprint density at radius 1 is 1.17 bits per heavy atom. The molecule has 2 aliphatic rings. The van der Waals surface area contributed by atoms with Crippen molar-refractivity contribution in [3.8, 4) is 0 Å². The smallest absolute Gasteiger partial charge is 0.250 e. The minimum Gasteiger partial charge on any atom is -0.341 e. The second-order valence-electron chi connectivity index (χ2n) is 7.43. The van der Waals surface area contributed by atoms with Crippen LogP contribution in [0.4, 0.5) is 11.4 Å². The van der Waals surface area contributed by atoms with E-state index in [1.165, 1.54) is 16.7 Å². The van der Waals surface area contributed by atoms with E-state index in [0.717, 1.165) is 23.3 Å². The molecule has 1 saturated heterocycles. The molecule has 1 unspecified atom stereocenters. The Balaban J connectivity index is 1.55. The molecule has 1 fully saturated rings. The van der Waals surface area contributed by atoms with Gasteiger partial charge in [0.1, 0.15) is 6.54 Å². The molecule has 0 spiro atoms. The maximum atomic E-state index is 13.2. The Hall–Kier alpha value is -2.51. The third-order valence-corrected chi connectivity index (χ3v) is 6.94. The summed E-state index contributed by atoms with van der Waals surface area (Å²) < 4.78 is 0.